The molecule has 0 aromatic heterocycles. The first-order valence-corrected chi connectivity index (χ1v) is 12.6. The third kappa shape index (κ3) is 37.6. The molecule has 0 fully saturated rings. The van der Waals surface area contributed by atoms with Gasteiger partial charge in [0.05, 0.1) is 19.1 Å². The maximum absolute atomic E-state index is 10.1. The van der Waals surface area contributed by atoms with Gasteiger partial charge in [-0.2, -0.15) is 0 Å². The minimum Gasteiger partial charge on any atom is -0.550 e. The summed E-state index contributed by atoms with van der Waals surface area (Å²) in [5.74, 6) is -5.98. The van der Waals surface area contributed by atoms with Crippen LogP contribution in [-0.2, 0) is 14.4 Å². The molecule has 10 heteroatoms. The molecule has 0 bridgehead atoms. The van der Waals surface area contributed by atoms with E-state index in [1.807, 2.05) is 0 Å². The topological polar surface area (TPSA) is 222 Å². The molecule has 0 atom stereocenters. The Kier molecular flexibility index (Phi) is 36.3. The normalized spacial score (nSPS) is 9.97. The van der Waals surface area contributed by atoms with Crippen molar-refractivity contribution in [1.82, 2.24) is 0 Å². The molecule has 0 amide bonds. The van der Waals surface area contributed by atoms with Gasteiger partial charge < -0.3 is 52.0 Å². The van der Waals surface area contributed by atoms with Gasteiger partial charge in [-0.15, -0.1) is 0 Å². The van der Waals surface area contributed by atoms with Crippen LogP contribution in [0.4, 0.5) is 0 Å². The molecule has 10 nitrogen and oxygen atoms in total. The molecule has 0 radical (unpaired) electrons. The number of aliphatic hydroxyl groups is 1. The van der Waals surface area contributed by atoms with Crippen LogP contribution in [0.5, 0.6) is 0 Å². The second kappa shape index (κ2) is 31.2. The lowest BCUT2D eigenvalue weighted by atomic mass is 9.96. The fourth-order valence-corrected chi connectivity index (χ4v) is 2.46. The molecule has 206 valence electrons. The van der Waals surface area contributed by atoms with Crippen molar-refractivity contribution in [2.24, 2.45) is 5.73 Å². The van der Waals surface area contributed by atoms with Crippen molar-refractivity contribution in [2.45, 2.75) is 116 Å². The molecule has 0 aliphatic heterocycles. The first-order chi connectivity index (χ1) is 16.0. The predicted octanol–water partition coefficient (Wildman–Crippen LogP) is -2.11. The molecule has 0 aliphatic rings. The molecule has 0 unspecified atom stereocenters. The number of quaternary nitrogens is 2. The summed E-state index contributed by atoms with van der Waals surface area (Å²) < 4.78 is 0. The lowest BCUT2D eigenvalue weighted by Crippen LogP contribution is -2.54. The second-order valence-corrected chi connectivity index (χ2v) is 8.09. The summed E-state index contributed by atoms with van der Waals surface area (Å²) in [6.07, 6.45) is 13.3. The molecule has 0 aromatic carbocycles. The van der Waals surface area contributed by atoms with Gasteiger partial charge in [-0.3, -0.25) is 0 Å². The van der Waals surface area contributed by atoms with E-state index >= 15 is 0 Å². The third-order valence-electron chi connectivity index (χ3n) is 4.52. The molecule has 0 aliphatic carbocycles. The first kappa shape index (κ1) is 39.5. The number of rotatable bonds is 17. The summed E-state index contributed by atoms with van der Waals surface area (Å²) in [6.45, 7) is 9.74. The van der Waals surface area contributed by atoms with Crippen LogP contribution in [0.25, 0.3) is 0 Å². The number of carboxylic acid groups (broad SMARTS) is 3. The van der Waals surface area contributed by atoms with E-state index < -0.39 is 36.4 Å². The van der Waals surface area contributed by atoms with Gasteiger partial charge in [-0.1, -0.05) is 65.7 Å². The number of hydrogen-bond acceptors (Lipinski definition) is 8. The smallest absolute Gasteiger partial charge is 0.114 e. The molecular formula is C24H52N3O7-. The van der Waals surface area contributed by atoms with E-state index in [9.17, 15) is 29.7 Å². The third-order valence-corrected chi connectivity index (χ3v) is 4.52. The SMILES string of the molecule is CCCCCCN.CCCCCC[NH3+].CCCCCC[NH3+].O=C([O-])CC(O)(CC(=O)[O-])C(=O)[O-]. The molecule has 0 rings (SSSR count). The maximum Gasteiger partial charge on any atom is 0.114 e. The lowest BCUT2D eigenvalue weighted by molar-refractivity contribution is -0.368. The predicted molar refractivity (Wildman–Crippen MR) is 126 cm³/mol. The zero-order valence-electron chi connectivity index (χ0n) is 21.9. The van der Waals surface area contributed by atoms with E-state index in [-0.39, 0.29) is 0 Å². The largest absolute Gasteiger partial charge is 0.550 e. The van der Waals surface area contributed by atoms with Crippen LogP contribution in [0.2, 0.25) is 0 Å². The number of carbonyl (C=O) groups excluding carboxylic acids is 3. The van der Waals surface area contributed by atoms with Crippen molar-refractivity contribution in [1.29, 1.82) is 0 Å². The number of unbranched alkanes of at least 4 members (excludes halogenated alkanes) is 9. The van der Waals surface area contributed by atoms with Crippen molar-refractivity contribution in [3.05, 3.63) is 0 Å². The highest BCUT2D eigenvalue weighted by molar-refractivity contribution is 5.86. The number of nitrogens with two attached hydrogens (primary N) is 1. The van der Waals surface area contributed by atoms with Crippen LogP contribution in [-0.4, -0.2) is 48.2 Å². The fourth-order valence-electron chi connectivity index (χ4n) is 2.46. The molecule has 0 aromatic rings. The van der Waals surface area contributed by atoms with Gasteiger partial charge in [0.15, 0.2) is 0 Å². The Hall–Kier alpha value is -1.75. The highest BCUT2D eigenvalue weighted by Gasteiger charge is 2.29. The first-order valence-electron chi connectivity index (χ1n) is 12.6. The van der Waals surface area contributed by atoms with E-state index in [1.54, 1.807) is 0 Å². The van der Waals surface area contributed by atoms with Gasteiger partial charge in [0.25, 0.3) is 0 Å². The summed E-state index contributed by atoms with van der Waals surface area (Å²) in [5.41, 5.74) is 9.81. The van der Waals surface area contributed by atoms with Crippen LogP contribution < -0.4 is 32.5 Å². The van der Waals surface area contributed by atoms with E-state index in [1.165, 1.54) is 77.0 Å². The highest BCUT2D eigenvalue weighted by Crippen LogP contribution is 2.13. The lowest BCUT2D eigenvalue weighted by Gasteiger charge is -2.29. The van der Waals surface area contributed by atoms with E-state index in [4.69, 9.17) is 10.8 Å². The zero-order valence-corrected chi connectivity index (χ0v) is 21.9. The van der Waals surface area contributed by atoms with Crippen LogP contribution in [0.15, 0.2) is 0 Å². The molecule has 34 heavy (non-hydrogen) atoms. The van der Waals surface area contributed by atoms with Crippen molar-refractivity contribution in [3.63, 3.8) is 0 Å². The number of hydrogen-bond donors (Lipinski definition) is 4. The van der Waals surface area contributed by atoms with Crippen molar-refractivity contribution in [3.8, 4) is 0 Å². The molecule has 0 heterocycles. The molecule has 0 saturated heterocycles. The van der Waals surface area contributed by atoms with Gasteiger partial charge in [-0.25, -0.2) is 0 Å². The molecule has 0 spiro atoms. The van der Waals surface area contributed by atoms with E-state index in [2.05, 4.69) is 32.2 Å². The Labute approximate surface area is 206 Å². The summed E-state index contributed by atoms with van der Waals surface area (Å²) in [5, 5.41) is 38.9. The van der Waals surface area contributed by atoms with Crippen molar-refractivity contribution in [2.75, 3.05) is 19.6 Å². The van der Waals surface area contributed by atoms with Gasteiger partial charge in [-0.05, 0) is 38.6 Å². The van der Waals surface area contributed by atoms with Crippen LogP contribution in [0.1, 0.15) is 111 Å². The van der Waals surface area contributed by atoms with Crippen LogP contribution in [0, 0.1) is 0 Å². The van der Waals surface area contributed by atoms with E-state index in [0.717, 1.165) is 19.6 Å². The quantitative estimate of drug-likeness (QED) is 0.163. The summed E-state index contributed by atoms with van der Waals surface area (Å²) in [7, 11) is 0. The summed E-state index contributed by atoms with van der Waals surface area (Å²) >= 11 is 0. The monoisotopic (exact) mass is 494 g/mol. The summed E-state index contributed by atoms with van der Waals surface area (Å²) in [4.78, 5) is 30.0. The van der Waals surface area contributed by atoms with Crippen LogP contribution in [0.3, 0.4) is 0 Å². The van der Waals surface area contributed by atoms with Crippen molar-refractivity contribution >= 4 is 17.9 Å². The number of carboxylic acids is 3. The highest BCUT2D eigenvalue weighted by atomic mass is 16.4. The van der Waals surface area contributed by atoms with Gasteiger partial charge in [0.2, 0.25) is 0 Å². The van der Waals surface area contributed by atoms with E-state index in [0.29, 0.717) is 0 Å². The number of carbonyl (C=O) groups is 3. The molecule has 9 N–H and O–H groups in total. The minimum atomic E-state index is -2.97. The Balaban J connectivity index is -0.000000186. The Morgan fingerprint density at radius 1 is 0.676 bits per heavy atom. The minimum absolute atomic E-state index is 0.861. The van der Waals surface area contributed by atoms with Gasteiger partial charge in [0, 0.05) is 24.8 Å². The Morgan fingerprint density at radius 2 is 1.00 bits per heavy atom. The number of aliphatic carboxylic acids is 3. The maximum atomic E-state index is 10.1. The standard InChI is InChI=1S/3C6H15N.C6H8O7/c3*1-2-3-4-5-6-7;7-3(8)1-6(13,5(11)12)2-4(9)10/h3*2-7H2,1H3;13H,1-2H2,(H,7,8)(H,9,10)(H,11,12)/p-1. The van der Waals surface area contributed by atoms with Gasteiger partial charge >= 0.3 is 0 Å². The van der Waals surface area contributed by atoms with Crippen molar-refractivity contribution < 1.29 is 46.3 Å². The Morgan fingerprint density at radius 3 is 1.21 bits per heavy atom. The van der Waals surface area contributed by atoms with Gasteiger partial charge in [0.1, 0.15) is 5.60 Å². The average Bonchev–Trinajstić information content (AvgIpc) is 2.75. The summed E-state index contributed by atoms with van der Waals surface area (Å²) in [6, 6.07) is 0. The zero-order chi connectivity index (χ0) is 27.3. The molecule has 0 saturated carbocycles. The average molecular weight is 495 g/mol. The second-order valence-electron chi connectivity index (χ2n) is 8.09. The fraction of sp³-hybridized carbons (Fsp3) is 0.875. The Bertz CT molecular complexity index is 412. The molecular weight excluding hydrogens is 442 g/mol. The van der Waals surface area contributed by atoms with Crippen LogP contribution >= 0.6 is 0 Å².